The highest BCUT2D eigenvalue weighted by molar-refractivity contribution is 5.67. The van der Waals surface area contributed by atoms with Crippen LogP contribution in [0.4, 0.5) is 4.79 Å². The van der Waals surface area contributed by atoms with Crippen molar-refractivity contribution in [2.75, 3.05) is 6.61 Å². The molecule has 0 bridgehead atoms. The third-order valence-corrected chi connectivity index (χ3v) is 2.22. The maximum Gasteiger partial charge on any atom is 0.407 e. The second-order valence-corrected chi connectivity index (χ2v) is 3.49. The highest BCUT2D eigenvalue weighted by atomic mass is 16.5. The molecule has 0 aliphatic carbocycles. The summed E-state index contributed by atoms with van der Waals surface area (Å²) in [4.78, 5) is 34.1. The minimum absolute atomic E-state index is 0.0274. The van der Waals surface area contributed by atoms with Gasteiger partial charge in [-0.25, -0.2) is 9.59 Å². The van der Waals surface area contributed by atoms with Gasteiger partial charge >= 0.3 is 11.8 Å². The van der Waals surface area contributed by atoms with Crippen molar-refractivity contribution in [2.45, 2.75) is 13.5 Å². The van der Waals surface area contributed by atoms with Gasteiger partial charge in [-0.3, -0.25) is 9.36 Å². The van der Waals surface area contributed by atoms with Crippen molar-refractivity contribution in [1.82, 2.24) is 14.5 Å². The number of carbonyl (C=O) groups excluding carboxylic acids is 1. The molecule has 94 valence electrons. The van der Waals surface area contributed by atoms with Crippen LogP contribution in [0.1, 0.15) is 12.5 Å². The number of hydrogen-bond donors (Lipinski definition) is 1. The van der Waals surface area contributed by atoms with E-state index in [0.717, 1.165) is 4.57 Å². The Balaban J connectivity index is 2.90. The number of carbonyl (C=O) groups is 1. The quantitative estimate of drug-likeness (QED) is 0.761. The first-order valence-corrected chi connectivity index (χ1v) is 5.13. The summed E-state index contributed by atoms with van der Waals surface area (Å²) in [7, 11) is 2.92. The Kier molecular flexibility index (Phi) is 4.08. The molecule has 0 unspecified atom stereocenters. The molecular formula is C10H15N3O4. The number of alkyl carbamates (subject to hydrolysis) is 1. The predicted molar refractivity (Wildman–Crippen MR) is 60.8 cm³/mol. The lowest BCUT2D eigenvalue weighted by Gasteiger charge is -2.07. The molecule has 0 aliphatic rings. The lowest BCUT2D eigenvalue weighted by Crippen LogP contribution is -2.40. The van der Waals surface area contributed by atoms with Gasteiger partial charge in [0, 0.05) is 20.3 Å². The van der Waals surface area contributed by atoms with E-state index < -0.39 is 17.3 Å². The van der Waals surface area contributed by atoms with Crippen LogP contribution in [0.2, 0.25) is 0 Å². The SMILES string of the molecule is CCOC(=O)NCc1cn(C)c(=O)n(C)c1=O. The van der Waals surface area contributed by atoms with E-state index in [1.165, 1.54) is 24.9 Å². The molecular weight excluding hydrogens is 226 g/mol. The van der Waals surface area contributed by atoms with Crippen molar-refractivity contribution in [3.05, 3.63) is 32.6 Å². The number of nitrogens with zero attached hydrogens (tertiary/aromatic N) is 2. The van der Waals surface area contributed by atoms with E-state index in [9.17, 15) is 14.4 Å². The summed E-state index contributed by atoms with van der Waals surface area (Å²) >= 11 is 0. The van der Waals surface area contributed by atoms with Gasteiger partial charge in [-0.05, 0) is 6.92 Å². The molecule has 0 aliphatic heterocycles. The van der Waals surface area contributed by atoms with E-state index in [4.69, 9.17) is 0 Å². The number of rotatable bonds is 3. The molecule has 7 nitrogen and oxygen atoms in total. The Bertz CT molecular complexity index is 529. The Hall–Kier alpha value is -2.05. The van der Waals surface area contributed by atoms with Crippen LogP contribution in [0, 0.1) is 0 Å². The Morgan fingerprint density at radius 2 is 2.06 bits per heavy atom. The fourth-order valence-corrected chi connectivity index (χ4v) is 1.35. The van der Waals surface area contributed by atoms with Gasteiger partial charge in [0.1, 0.15) is 0 Å². The van der Waals surface area contributed by atoms with Crippen LogP contribution >= 0.6 is 0 Å². The van der Waals surface area contributed by atoms with Crippen LogP contribution in [-0.2, 0) is 25.4 Å². The summed E-state index contributed by atoms with van der Waals surface area (Å²) in [6.07, 6.45) is 0.806. The Morgan fingerprint density at radius 1 is 1.41 bits per heavy atom. The molecule has 7 heteroatoms. The molecule has 1 rings (SSSR count). The fourth-order valence-electron chi connectivity index (χ4n) is 1.35. The summed E-state index contributed by atoms with van der Waals surface area (Å²) in [6.45, 7) is 1.97. The van der Waals surface area contributed by atoms with Gasteiger partial charge in [-0.1, -0.05) is 0 Å². The van der Waals surface area contributed by atoms with Gasteiger partial charge < -0.3 is 14.6 Å². The molecule has 0 spiro atoms. The highest BCUT2D eigenvalue weighted by Gasteiger charge is 2.08. The molecule has 1 N–H and O–H groups in total. The third-order valence-electron chi connectivity index (χ3n) is 2.22. The van der Waals surface area contributed by atoms with Gasteiger partial charge in [-0.15, -0.1) is 0 Å². The average molecular weight is 241 g/mol. The number of nitrogens with one attached hydrogen (secondary N) is 1. The topological polar surface area (TPSA) is 82.3 Å². The van der Waals surface area contributed by atoms with Crippen molar-refractivity contribution in [3.63, 3.8) is 0 Å². The van der Waals surface area contributed by atoms with E-state index in [1.54, 1.807) is 6.92 Å². The van der Waals surface area contributed by atoms with Crippen LogP contribution in [0.25, 0.3) is 0 Å². The van der Waals surface area contributed by atoms with Crippen molar-refractivity contribution in [2.24, 2.45) is 14.1 Å². The normalized spacial score (nSPS) is 10.1. The monoisotopic (exact) mass is 241 g/mol. The zero-order valence-corrected chi connectivity index (χ0v) is 10.0. The molecule has 1 heterocycles. The third kappa shape index (κ3) is 2.96. The summed E-state index contributed by atoms with van der Waals surface area (Å²) in [5.41, 5.74) is -0.512. The smallest absolute Gasteiger partial charge is 0.407 e. The summed E-state index contributed by atoms with van der Waals surface area (Å²) in [5, 5.41) is 2.42. The number of hydrogen-bond acceptors (Lipinski definition) is 4. The number of aryl methyl sites for hydroxylation is 1. The number of aromatic nitrogens is 2. The van der Waals surface area contributed by atoms with Crippen molar-refractivity contribution >= 4 is 6.09 Å². The van der Waals surface area contributed by atoms with E-state index in [2.05, 4.69) is 10.1 Å². The van der Waals surface area contributed by atoms with Crippen molar-refractivity contribution < 1.29 is 9.53 Å². The average Bonchev–Trinajstić information content (AvgIpc) is 2.30. The van der Waals surface area contributed by atoms with E-state index >= 15 is 0 Å². The minimum Gasteiger partial charge on any atom is -0.450 e. The number of amides is 1. The van der Waals surface area contributed by atoms with Crippen LogP contribution < -0.4 is 16.6 Å². The Morgan fingerprint density at radius 3 is 2.65 bits per heavy atom. The highest BCUT2D eigenvalue weighted by Crippen LogP contribution is 1.88. The van der Waals surface area contributed by atoms with E-state index in [1.807, 2.05) is 0 Å². The molecule has 0 fully saturated rings. The van der Waals surface area contributed by atoms with Crippen molar-refractivity contribution in [3.8, 4) is 0 Å². The molecule has 0 aromatic carbocycles. The first-order valence-electron chi connectivity index (χ1n) is 5.13. The molecule has 1 aromatic rings. The first-order chi connectivity index (χ1) is 7.97. The second kappa shape index (κ2) is 5.33. The molecule has 1 aromatic heterocycles. The molecule has 0 radical (unpaired) electrons. The van der Waals surface area contributed by atoms with Gasteiger partial charge in [0.25, 0.3) is 5.56 Å². The fraction of sp³-hybridized carbons (Fsp3) is 0.500. The van der Waals surface area contributed by atoms with Gasteiger partial charge in [-0.2, -0.15) is 0 Å². The molecule has 1 amide bonds. The van der Waals surface area contributed by atoms with Gasteiger partial charge in [0.15, 0.2) is 0 Å². The van der Waals surface area contributed by atoms with Crippen LogP contribution in [0.3, 0.4) is 0 Å². The van der Waals surface area contributed by atoms with Crippen LogP contribution in [0.15, 0.2) is 15.8 Å². The summed E-state index contributed by atoms with van der Waals surface area (Å²) in [5.74, 6) is 0. The van der Waals surface area contributed by atoms with Crippen molar-refractivity contribution in [1.29, 1.82) is 0 Å². The standard InChI is InChI=1S/C10H15N3O4/c1-4-17-9(15)11-5-7-6-12(2)10(16)13(3)8(7)14/h6H,4-5H2,1-3H3,(H,11,15). The molecule has 17 heavy (non-hydrogen) atoms. The predicted octanol–water partition coefficient (Wildman–Crippen LogP) is -0.670. The maximum atomic E-state index is 11.7. The maximum absolute atomic E-state index is 11.7. The van der Waals surface area contributed by atoms with Gasteiger partial charge in [0.05, 0.1) is 18.7 Å². The second-order valence-electron chi connectivity index (χ2n) is 3.49. The van der Waals surface area contributed by atoms with E-state index in [-0.39, 0.29) is 13.2 Å². The summed E-state index contributed by atoms with van der Waals surface area (Å²) < 4.78 is 6.93. The van der Waals surface area contributed by atoms with Gasteiger partial charge in [0.2, 0.25) is 0 Å². The zero-order valence-electron chi connectivity index (χ0n) is 10.0. The zero-order chi connectivity index (χ0) is 13.0. The molecule has 0 saturated heterocycles. The lowest BCUT2D eigenvalue weighted by atomic mass is 10.3. The van der Waals surface area contributed by atoms with Crippen LogP contribution in [-0.4, -0.2) is 21.8 Å². The number of ether oxygens (including phenoxy) is 1. The summed E-state index contributed by atoms with van der Waals surface area (Å²) in [6, 6.07) is 0. The molecule has 0 atom stereocenters. The lowest BCUT2D eigenvalue weighted by molar-refractivity contribution is 0.151. The van der Waals surface area contributed by atoms with Crippen LogP contribution in [0.5, 0.6) is 0 Å². The largest absolute Gasteiger partial charge is 0.450 e. The Labute approximate surface area is 97.6 Å². The molecule has 0 saturated carbocycles. The minimum atomic E-state index is -0.594. The first kappa shape index (κ1) is 13.0. The van der Waals surface area contributed by atoms with E-state index in [0.29, 0.717) is 5.56 Å².